The molecule has 0 radical (unpaired) electrons. The first-order valence-corrected chi connectivity index (χ1v) is 4.81. The van der Waals surface area contributed by atoms with Gasteiger partial charge in [-0.3, -0.25) is 0 Å². The highest BCUT2D eigenvalue weighted by Crippen LogP contribution is 2.27. The molecule has 12 heavy (non-hydrogen) atoms. The van der Waals surface area contributed by atoms with Gasteiger partial charge >= 0.3 is 6.18 Å². The lowest BCUT2D eigenvalue weighted by molar-refractivity contribution is -0.105. The molecule has 0 bridgehead atoms. The standard InChI is InChI=1S/C8H13F3S/c1-3-4-5-7(2)12-6-8(9,10)11/h2-6H2,1H3. The van der Waals surface area contributed by atoms with E-state index in [0.29, 0.717) is 11.3 Å². The van der Waals surface area contributed by atoms with Gasteiger partial charge in [-0.15, -0.1) is 11.8 Å². The van der Waals surface area contributed by atoms with Crippen molar-refractivity contribution in [3.63, 3.8) is 0 Å². The smallest absolute Gasteiger partial charge is 0.170 e. The Morgan fingerprint density at radius 3 is 2.42 bits per heavy atom. The molecule has 0 fully saturated rings. The highest BCUT2D eigenvalue weighted by molar-refractivity contribution is 8.03. The normalized spacial score (nSPS) is 11.7. The summed E-state index contributed by atoms with van der Waals surface area (Å²) in [6.45, 7) is 5.56. The Labute approximate surface area is 75.2 Å². The first-order chi connectivity index (χ1) is 5.45. The Bertz CT molecular complexity index is 140. The summed E-state index contributed by atoms with van der Waals surface area (Å²) in [4.78, 5) is 0.633. The molecule has 0 rings (SSSR count). The molecule has 0 aliphatic rings. The molecule has 0 aromatic carbocycles. The molecule has 0 aliphatic carbocycles. The van der Waals surface area contributed by atoms with E-state index in [1.165, 1.54) is 0 Å². The summed E-state index contributed by atoms with van der Waals surface area (Å²) in [6, 6.07) is 0. The van der Waals surface area contributed by atoms with Crippen LogP contribution in [-0.2, 0) is 0 Å². The van der Waals surface area contributed by atoms with Crippen molar-refractivity contribution in [1.82, 2.24) is 0 Å². The van der Waals surface area contributed by atoms with E-state index in [1.807, 2.05) is 6.92 Å². The Balaban J connectivity index is 3.44. The predicted molar refractivity (Wildman–Crippen MR) is 47.2 cm³/mol. The van der Waals surface area contributed by atoms with Crippen LogP contribution >= 0.6 is 11.8 Å². The van der Waals surface area contributed by atoms with Gasteiger partial charge in [-0.2, -0.15) is 13.2 Å². The SMILES string of the molecule is C=C(CCCC)SCC(F)(F)F. The summed E-state index contributed by atoms with van der Waals surface area (Å²) in [6.07, 6.45) is -1.47. The molecular formula is C8H13F3S. The van der Waals surface area contributed by atoms with Crippen molar-refractivity contribution < 1.29 is 13.2 Å². The van der Waals surface area contributed by atoms with Crippen LogP contribution in [0.5, 0.6) is 0 Å². The number of allylic oxidation sites excluding steroid dienone is 1. The first kappa shape index (κ1) is 11.9. The second-order valence-corrected chi connectivity index (χ2v) is 3.70. The molecule has 0 unspecified atom stereocenters. The minimum absolute atomic E-state index is 0.633. The van der Waals surface area contributed by atoms with Crippen LogP contribution in [0.15, 0.2) is 11.5 Å². The molecule has 0 aromatic heterocycles. The summed E-state index contributed by atoms with van der Waals surface area (Å²) >= 11 is 0.804. The van der Waals surface area contributed by atoms with Crippen LogP contribution in [0.3, 0.4) is 0 Å². The van der Waals surface area contributed by atoms with Gasteiger partial charge in [-0.05, 0) is 17.7 Å². The number of hydrogen-bond acceptors (Lipinski definition) is 1. The van der Waals surface area contributed by atoms with Crippen LogP contribution in [0.1, 0.15) is 26.2 Å². The van der Waals surface area contributed by atoms with Crippen LogP contribution < -0.4 is 0 Å². The van der Waals surface area contributed by atoms with Gasteiger partial charge in [0.25, 0.3) is 0 Å². The van der Waals surface area contributed by atoms with Gasteiger partial charge in [0.05, 0.1) is 5.75 Å². The van der Waals surface area contributed by atoms with Crippen LogP contribution in [0.25, 0.3) is 0 Å². The fourth-order valence-electron chi connectivity index (χ4n) is 0.630. The number of hydrogen-bond donors (Lipinski definition) is 0. The monoisotopic (exact) mass is 198 g/mol. The second kappa shape index (κ2) is 5.51. The summed E-state index contributed by atoms with van der Waals surface area (Å²) in [5, 5.41) is 0. The van der Waals surface area contributed by atoms with Crippen molar-refractivity contribution >= 4 is 11.8 Å². The third kappa shape index (κ3) is 7.98. The summed E-state index contributed by atoms with van der Waals surface area (Å²) in [7, 11) is 0. The summed E-state index contributed by atoms with van der Waals surface area (Å²) in [5.41, 5.74) is 0. The third-order valence-corrected chi connectivity index (χ3v) is 2.33. The van der Waals surface area contributed by atoms with Gasteiger partial charge in [-0.25, -0.2) is 0 Å². The Hall–Kier alpha value is -0.120. The average Bonchev–Trinajstić information content (AvgIpc) is 1.95. The van der Waals surface area contributed by atoms with Gasteiger partial charge in [0.2, 0.25) is 0 Å². The molecule has 4 heteroatoms. The van der Waals surface area contributed by atoms with Crippen LogP contribution in [0.2, 0.25) is 0 Å². The van der Waals surface area contributed by atoms with Gasteiger partial charge in [0.1, 0.15) is 0 Å². The van der Waals surface area contributed by atoms with Crippen LogP contribution in [0.4, 0.5) is 13.2 Å². The molecular weight excluding hydrogens is 185 g/mol. The first-order valence-electron chi connectivity index (χ1n) is 3.83. The van der Waals surface area contributed by atoms with Crippen molar-refractivity contribution in [2.24, 2.45) is 0 Å². The predicted octanol–water partition coefficient (Wildman–Crippen LogP) is 3.99. The van der Waals surface area contributed by atoms with E-state index in [1.54, 1.807) is 0 Å². The number of halogens is 3. The molecule has 0 aliphatic heterocycles. The topological polar surface area (TPSA) is 0 Å². The van der Waals surface area contributed by atoms with E-state index in [-0.39, 0.29) is 0 Å². The van der Waals surface area contributed by atoms with Crippen molar-refractivity contribution in [1.29, 1.82) is 0 Å². The zero-order valence-electron chi connectivity index (χ0n) is 7.08. The number of unbranched alkanes of at least 4 members (excludes halogenated alkanes) is 1. The van der Waals surface area contributed by atoms with Crippen molar-refractivity contribution in [2.75, 3.05) is 5.75 Å². The lowest BCUT2D eigenvalue weighted by Gasteiger charge is -2.07. The zero-order chi connectivity index (χ0) is 9.61. The second-order valence-electron chi connectivity index (χ2n) is 2.55. The molecule has 0 saturated heterocycles. The largest absolute Gasteiger partial charge is 0.398 e. The maximum atomic E-state index is 11.7. The van der Waals surface area contributed by atoms with E-state index in [2.05, 4.69) is 6.58 Å². The molecule has 0 N–H and O–H groups in total. The minimum atomic E-state index is -4.07. The number of rotatable bonds is 5. The van der Waals surface area contributed by atoms with E-state index in [9.17, 15) is 13.2 Å². The molecule has 0 amide bonds. The zero-order valence-corrected chi connectivity index (χ0v) is 7.89. The quantitative estimate of drug-likeness (QED) is 0.643. The van der Waals surface area contributed by atoms with Gasteiger partial charge in [0, 0.05) is 0 Å². The maximum Gasteiger partial charge on any atom is 0.398 e. The number of thioether (sulfide) groups is 1. The fourth-order valence-corrected chi connectivity index (χ4v) is 1.29. The molecule has 0 aromatic rings. The molecule has 0 spiro atoms. The Morgan fingerprint density at radius 1 is 1.42 bits per heavy atom. The van der Waals surface area contributed by atoms with Gasteiger partial charge < -0.3 is 0 Å². The third-order valence-electron chi connectivity index (χ3n) is 1.25. The minimum Gasteiger partial charge on any atom is -0.170 e. The van der Waals surface area contributed by atoms with Crippen LogP contribution in [-0.4, -0.2) is 11.9 Å². The van der Waals surface area contributed by atoms with E-state index in [0.717, 1.165) is 24.6 Å². The molecule has 0 atom stereocenters. The lowest BCUT2D eigenvalue weighted by Crippen LogP contribution is -2.10. The highest BCUT2D eigenvalue weighted by Gasteiger charge is 2.27. The molecule has 0 heterocycles. The van der Waals surface area contributed by atoms with Gasteiger partial charge in [-0.1, -0.05) is 19.9 Å². The lowest BCUT2D eigenvalue weighted by atomic mass is 10.2. The summed E-state index contributed by atoms with van der Waals surface area (Å²) < 4.78 is 35.0. The van der Waals surface area contributed by atoms with Crippen LogP contribution in [0, 0.1) is 0 Å². The highest BCUT2D eigenvalue weighted by atomic mass is 32.2. The van der Waals surface area contributed by atoms with Crippen molar-refractivity contribution in [3.8, 4) is 0 Å². The average molecular weight is 198 g/mol. The number of alkyl halides is 3. The summed E-state index contributed by atoms with van der Waals surface area (Å²) in [5.74, 6) is -0.810. The van der Waals surface area contributed by atoms with Crippen molar-refractivity contribution in [2.45, 2.75) is 32.4 Å². The van der Waals surface area contributed by atoms with E-state index < -0.39 is 11.9 Å². The van der Waals surface area contributed by atoms with E-state index in [4.69, 9.17) is 0 Å². The Kier molecular flexibility index (Phi) is 5.46. The molecule has 72 valence electrons. The Morgan fingerprint density at radius 2 is 2.00 bits per heavy atom. The fraction of sp³-hybridized carbons (Fsp3) is 0.750. The maximum absolute atomic E-state index is 11.7. The molecule has 0 nitrogen and oxygen atoms in total. The molecule has 0 saturated carbocycles. The van der Waals surface area contributed by atoms with Gasteiger partial charge in [0.15, 0.2) is 0 Å². The van der Waals surface area contributed by atoms with E-state index >= 15 is 0 Å². The van der Waals surface area contributed by atoms with Crippen molar-refractivity contribution in [3.05, 3.63) is 11.5 Å².